The molecule has 1 rings (SSSR count). The summed E-state index contributed by atoms with van der Waals surface area (Å²) in [6, 6.07) is 0.894. The van der Waals surface area contributed by atoms with E-state index in [-0.39, 0.29) is 10.6 Å². The van der Waals surface area contributed by atoms with E-state index < -0.39 is 17.2 Å². The highest BCUT2D eigenvalue weighted by molar-refractivity contribution is 5.83. The van der Waals surface area contributed by atoms with E-state index in [1.807, 2.05) is 0 Å². The van der Waals surface area contributed by atoms with Gasteiger partial charge in [0.05, 0.1) is 5.22 Å². The van der Waals surface area contributed by atoms with Crippen molar-refractivity contribution in [3.63, 3.8) is 0 Å². The number of carboxylic acid groups (broad SMARTS) is 1. The van der Waals surface area contributed by atoms with Crippen molar-refractivity contribution in [2.24, 2.45) is 0 Å². The first-order chi connectivity index (χ1) is 6.56. The molecular formula is C10H8O4. The van der Waals surface area contributed by atoms with Gasteiger partial charge in [-0.1, -0.05) is 19.2 Å². The molecule has 0 atom stereocenters. The monoisotopic (exact) mass is 192 g/mol. The maximum Gasteiger partial charge on any atom is 0.371 e. The Bertz CT molecular complexity index is 536. The van der Waals surface area contributed by atoms with Crippen molar-refractivity contribution >= 4 is 18.6 Å². The Morgan fingerprint density at radius 2 is 2.21 bits per heavy atom. The van der Waals surface area contributed by atoms with Crippen molar-refractivity contribution in [3.05, 3.63) is 45.3 Å². The highest BCUT2D eigenvalue weighted by atomic mass is 16.4. The fourth-order valence-electron chi connectivity index (χ4n) is 0.884. The van der Waals surface area contributed by atoms with E-state index in [1.54, 1.807) is 0 Å². The summed E-state index contributed by atoms with van der Waals surface area (Å²) >= 11 is 0. The van der Waals surface area contributed by atoms with E-state index in [0.29, 0.717) is 0 Å². The number of aromatic carboxylic acids is 1. The van der Waals surface area contributed by atoms with Gasteiger partial charge in [-0.25, -0.2) is 4.79 Å². The zero-order valence-electron chi connectivity index (χ0n) is 7.32. The van der Waals surface area contributed by atoms with Crippen LogP contribution in [0.15, 0.2) is 27.9 Å². The summed E-state index contributed by atoms with van der Waals surface area (Å²) in [4.78, 5) is 21.7. The Kier molecular flexibility index (Phi) is 2.67. The van der Waals surface area contributed by atoms with Gasteiger partial charge < -0.3 is 9.52 Å². The van der Waals surface area contributed by atoms with E-state index in [1.165, 1.54) is 12.2 Å². The molecule has 0 aliphatic heterocycles. The van der Waals surface area contributed by atoms with Crippen LogP contribution in [0.1, 0.15) is 10.6 Å². The van der Waals surface area contributed by atoms with Crippen LogP contribution in [-0.4, -0.2) is 11.1 Å². The first-order valence-corrected chi connectivity index (χ1v) is 3.75. The molecule has 0 fully saturated rings. The smallest absolute Gasteiger partial charge is 0.371 e. The molecule has 0 saturated heterocycles. The lowest BCUT2D eigenvalue weighted by Gasteiger charge is -1.92. The van der Waals surface area contributed by atoms with Crippen molar-refractivity contribution in [1.82, 2.24) is 0 Å². The van der Waals surface area contributed by atoms with Crippen molar-refractivity contribution in [3.8, 4) is 0 Å². The van der Waals surface area contributed by atoms with Crippen LogP contribution in [0.25, 0.3) is 12.7 Å². The second-order valence-corrected chi connectivity index (χ2v) is 2.53. The normalized spacial score (nSPS) is 11.3. The molecular weight excluding hydrogens is 184 g/mol. The zero-order valence-corrected chi connectivity index (χ0v) is 7.32. The van der Waals surface area contributed by atoms with Crippen LogP contribution < -0.4 is 16.1 Å². The summed E-state index contributed by atoms with van der Waals surface area (Å²) in [5.41, 5.74) is -0.355. The van der Waals surface area contributed by atoms with Crippen LogP contribution in [0.3, 0.4) is 0 Å². The van der Waals surface area contributed by atoms with Crippen LogP contribution >= 0.6 is 0 Å². The summed E-state index contributed by atoms with van der Waals surface area (Å²) < 4.78 is 4.90. The molecule has 0 aliphatic rings. The van der Waals surface area contributed by atoms with E-state index >= 15 is 0 Å². The lowest BCUT2D eigenvalue weighted by molar-refractivity contribution is 0.0656. The molecule has 0 saturated carbocycles. The Labute approximate surface area is 79.1 Å². The summed E-state index contributed by atoms with van der Waals surface area (Å²) in [7, 11) is 0. The van der Waals surface area contributed by atoms with Crippen molar-refractivity contribution in [1.29, 1.82) is 0 Å². The van der Waals surface area contributed by atoms with Crippen molar-refractivity contribution in [2.45, 2.75) is 0 Å². The molecule has 0 radical (unpaired) electrons. The second-order valence-electron chi connectivity index (χ2n) is 2.53. The molecule has 0 spiro atoms. The van der Waals surface area contributed by atoms with Crippen LogP contribution in [0.4, 0.5) is 0 Å². The molecule has 0 bridgehead atoms. The summed E-state index contributed by atoms with van der Waals surface area (Å²) in [6.07, 6.45) is 2.77. The Balaban J connectivity index is 3.69. The molecule has 0 unspecified atom stereocenters. The number of hydrogen-bond donors (Lipinski definition) is 1. The molecule has 1 aromatic rings. The molecule has 0 aromatic carbocycles. The lowest BCUT2D eigenvalue weighted by Crippen LogP contribution is -2.37. The molecule has 1 aromatic heterocycles. The second kappa shape index (κ2) is 3.74. The van der Waals surface area contributed by atoms with Gasteiger partial charge in [0.1, 0.15) is 5.42 Å². The molecule has 0 aliphatic carbocycles. The molecule has 0 amide bonds. The van der Waals surface area contributed by atoms with Crippen molar-refractivity contribution < 1.29 is 14.3 Å². The summed E-state index contributed by atoms with van der Waals surface area (Å²) in [5.74, 6) is -1.70. The quantitative estimate of drug-likeness (QED) is 0.699. The Morgan fingerprint density at radius 1 is 1.57 bits per heavy atom. The topological polar surface area (TPSA) is 67.5 Å². The minimum Gasteiger partial charge on any atom is -0.475 e. The summed E-state index contributed by atoms with van der Waals surface area (Å²) in [6.45, 7) is 6.87. The number of rotatable bonds is 2. The van der Waals surface area contributed by atoms with Gasteiger partial charge in [-0.05, 0) is 6.08 Å². The van der Waals surface area contributed by atoms with Gasteiger partial charge in [-0.3, -0.25) is 4.79 Å². The minimum absolute atomic E-state index is 0.116. The third-order valence-corrected chi connectivity index (χ3v) is 1.56. The number of carboxylic acids is 1. The van der Waals surface area contributed by atoms with Gasteiger partial charge in [0, 0.05) is 6.07 Å². The predicted octanol–water partition coefficient (Wildman–Crippen LogP) is -0.285. The van der Waals surface area contributed by atoms with Crippen LogP contribution in [0.5, 0.6) is 0 Å². The minimum atomic E-state index is -1.29. The molecule has 72 valence electrons. The van der Waals surface area contributed by atoms with Crippen LogP contribution in [0, 0.1) is 0 Å². The fourth-order valence-corrected chi connectivity index (χ4v) is 0.884. The first kappa shape index (κ1) is 9.98. The van der Waals surface area contributed by atoms with Gasteiger partial charge in [0.15, 0.2) is 5.43 Å². The molecule has 1 heterocycles. The van der Waals surface area contributed by atoms with E-state index in [4.69, 9.17) is 9.52 Å². The number of allylic oxidation sites excluding steroid dienone is 1. The maximum absolute atomic E-state index is 11.2. The van der Waals surface area contributed by atoms with E-state index in [2.05, 4.69) is 13.2 Å². The molecule has 4 nitrogen and oxygen atoms in total. The lowest BCUT2D eigenvalue weighted by atomic mass is 10.3. The van der Waals surface area contributed by atoms with Crippen LogP contribution in [0.2, 0.25) is 0 Å². The average Bonchev–Trinajstić information content (AvgIpc) is 2.12. The highest BCUT2D eigenvalue weighted by Gasteiger charge is 2.06. The third-order valence-electron chi connectivity index (χ3n) is 1.56. The van der Waals surface area contributed by atoms with Gasteiger partial charge in [-0.2, -0.15) is 0 Å². The van der Waals surface area contributed by atoms with Crippen molar-refractivity contribution in [2.75, 3.05) is 0 Å². The zero-order chi connectivity index (χ0) is 10.7. The van der Waals surface area contributed by atoms with Gasteiger partial charge in [-0.15, -0.1) is 0 Å². The first-order valence-electron chi connectivity index (χ1n) is 3.75. The van der Waals surface area contributed by atoms with E-state index in [9.17, 15) is 9.59 Å². The Hall–Kier alpha value is -2.10. The predicted molar refractivity (Wildman–Crippen MR) is 51.4 cm³/mol. The molecule has 1 N–H and O–H groups in total. The Morgan fingerprint density at radius 3 is 2.71 bits per heavy atom. The third kappa shape index (κ3) is 1.80. The SMILES string of the molecule is C=C/C=c1/oc(C(=O)O)cc(=O)c1=C. The number of carbonyl (C=O) groups is 1. The summed E-state index contributed by atoms with van der Waals surface area (Å²) in [5, 5.41) is 8.72. The van der Waals surface area contributed by atoms with Gasteiger partial charge >= 0.3 is 5.97 Å². The molecule has 4 heteroatoms. The fraction of sp³-hybridized carbons (Fsp3) is 0. The number of hydrogen-bond acceptors (Lipinski definition) is 3. The standard InChI is InChI=1S/C10H8O4/c1-3-4-8-6(2)7(11)5-9(14-8)10(12)13/h3-5H,1-2H2,(H,12,13)/b8-4+. The largest absolute Gasteiger partial charge is 0.475 e. The van der Waals surface area contributed by atoms with Gasteiger partial charge in [0.25, 0.3) is 0 Å². The average molecular weight is 192 g/mol. The maximum atomic E-state index is 11.2. The molecule has 14 heavy (non-hydrogen) atoms. The van der Waals surface area contributed by atoms with Gasteiger partial charge in [0.2, 0.25) is 5.76 Å². The highest BCUT2D eigenvalue weighted by Crippen LogP contribution is 1.87. The van der Waals surface area contributed by atoms with E-state index in [0.717, 1.165) is 6.07 Å². The van der Waals surface area contributed by atoms with Crippen LogP contribution in [-0.2, 0) is 0 Å².